The van der Waals surface area contributed by atoms with Crippen LogP contribution < -0.4 is 0 Å². The molecule has 0 spiro atoms. The maximum absolute atomic E-state index is 12.4. The smallest absolute Gasteiger partial charge is 0.383 e. The fraction of sp³-hybridized carbons (Fsp3) is 0.571. The quantitative estimate of drug-likeness (QED) is 0.609. The Hall–Kier alpha value is -0.570. The van der Waals surface area contributed by atoms with E-state index < -0.39 is 6.14 Å². The van der Waals surface area contributed by atoms with Crippen molar-refractivity contribution < 1.29 is 8.81 Å². The third-order valence-electron chi connectivity index (χ3n) is 1.27. The fourth-order valence-corrected chi connectivity index (χ4v) is 1.13. The van der Waals surface area contributed by atoms with E-state index in [2.05, 4.69) is 9.40 Å². The number of hydrogen-bond acceptors (Lipinski definition) is 2. The molecule has 0 radical (unpaired) electrons. The van der Waals surface area contributed by atoms with Crippen molar-refractivity contribution in [1.29, 1.82) is 0 Å². The van der Waals surface area contributed by atoms with E-state index in [4.69, 9.17) is 11.6 Å². The summed E-state index contributed by atoms with van der Waals surface area (Å²) in [6.07, 6.45) is -0.875. The highest BCUT2D eigenvalue weighted by Gasteiger charge is 2.23. The van der Waals surface area contributed by atoms with Crippen LogP contribution in [-0.4, -0.2) is 4.98 Å². The van der Waals surface area contributed by atoms with Crippen LogP contribution in [0, 0.1) is 6.14 Å². The van der Waals surface area contributed by atoms with Gasteiger partial charge in [0.05, 0.1) is 0 Å². The topological polar surface area (TPSA) is 26.0 Å². The van der Waals surface area contributed by atoms with Gasteiger partial charge in [-0.15, -0.1) is 4.39 Å². The average molecular weight is 178 g/mol. The molecule has 0 N–H and O–H groups in total. The predicted molar refractivity (Wildman–Crippen MR) is 40.2 cm³/mol. The number of rotatable bonds is 0. The molecule has 0 aromatic carbocycles. The number of hydrogen-bond donors (Lipinski definition) is 0. The summed E-state index contributed by atoms with van der Waals surface area (Å²) >= 11 is 5.56. The Kier molecular flexibility index (Phi) is 1.92. The SMILES string of the molecule is CC(C)(C)c1nc(F)oc1Cl. The Morgan fingerprint density at radius 2 is 2.00 bits per heavy atom. The molecule has 0 bridgehead atoms. The lowest BCUT2D eigenvalue weighted by Gasteiger charge is -2.13. The van der Waals surface area contributed by atoms with E-state index in [0.29, 0.717) is 5.69 Å². The normalized spacial score (nSPS) is 12.1. The second-order valence-electron chi connectivity index (χ2n) is 3.34. The first-order chi connectivity index (χ1) is 4.91. The Labute approximate surface area is 69.4 Å². The molecule has 1 aromatic rings. The van der Waals surface area contributed by atoms with Gasteiger partial charge >= 0.3 is 6.14 Å². The van der Waals surface area contributed by atoms with Gasteiger partial charge in [-0.2, -0.15) is 4.98 Å². The summed E-state index contributed by atoms with van der Waals surface area (Å²) in [5.74, 6) is 0. The zero-order valence-electron chi connectivity index (χ0n) is 6.61. The van der Waals surface area contributed by atoms with Crippen molar-refractivity contribution in [3.05, 3.63) is 17.1 Å². The molecule has 4 heteroatoms. The van der Waals surface area contributed by atoms with E-state index in [1.807, 2.05) is 20.8 Å². The molecule has 0 aliphatic carbocycles. The third kappa shape index (κ3) is 1.71. The summed E-state index contributed by atoms with van der Waals surface area (Å²) in [5, 5.41) is 0.0370. The fourth-order valence-electron chi connectivity index (χ4n) is 0.739. The van der Waals surface area contributed by atoms with Gasteiger partial charge < -0.3 is 4.42 Å². The molecular formula is C7H9ClFNO. The molecule has 0 atom stereocenters. The third-order valence-corrected chi connectivity index (χ3v) is 1.53. The second-order valence-corrected chi connectivity index (χ2v) is 3.68. The molecule has 1 aromatic heterocycles. The highest BCUT2D eigenvalue weighted by molar-refractivity contribution is 6.29. The van der Waals surface area contributed by atoms with Crippen molar-refractivity contribution in [3.63, 3.8) is 0 Å². The number of nitrogens with zero attached hydrogens (tertiary/aromatic N) is 1. The van der Waals surface area contributed by atoms with Crippen molar-refractivity contribution in [2.75, 3.05) is 0 Å². The highest BCUT2D eigenvalue weighted by atomic mass is 35.5. The molecule has 0 saturated heterocycles. The van der Waals surface area contributed by atoms with Crippen LogP contribution in [0.2, 0.25) is 5.22 Å². The summed E-state index contributed by atoms with van der Waals surface area (Å²) in [6.45, 7) is 5.66. The Balaban J connectivity index is 3.13. The lowest BCUT2D eigenvalue weighted by molar-refractivity contribution is 0.337. The zero-order valence-corrected chi connectivity index (χ0v) is 7.37. The maximum atomic E-state index is 12.4. The molecule has 0 fully saturated rings. The Bertz CT molecular complexity index is 264. The monoisotopic (exact) mass is 177 g/mol. The van der Waals surface area contributed by atoms with Crippen molar-refractivity contribution in [1.82, 2.24) is 4.98 Å². The van der Waals surface area contributed by atoms with E-state index >= 15 is 0 Å². The predicted octanol–water partition coefficient (Wildman–Crippen LogP) is 2.76. The minimum absolute atomic E-state index is 0.0370. The number of oxazole rings is 1. The summed E-state index contributed by atoms with van der Waals surface area (Å²) < 4.78 is 16.8. The first kappa shape index (κ1) is 8.53. The Morgan fingerprint density at radius 3 is 2.18 bits per heavy atom. The van der Waals surface area contributed by atoms with Crippen molar-refractivity contribution in [2.45, 2.75) is 26.2 Å². The molecule has 0 aliphatic rings. The lowest BCUT2D eigenvalue weighted by Crippen LogP contribution is -2.12. The minimum Gasteiger partial charge on any atom is -0.403 e. The minimum atomic E-state index is -0.875. The molecule has 62 valence electrons. The average Bonchev–Trinajstić information content (AvgIpc) is 2.08. The standard InChI is InChI=1S/C7H9ClFNO/c1-7(2,3)4-5(8)11-6(9)10-4/h1-3H3. The Morgan fingerprint density at radius 1 is 1.45 bits per heavy atom. The molecule has 0 amide bonds. The molecular weight excluding hydrogens is 169 g/mol. The van der Waals surface area contributed by atoms with Gasteiger partial charge in [-0.3, -0.25) is 0 Å². The zero-order chi connectivity index (χ0) is 8.65. The maximum Gasteiger partial charge on any atom is 0.383 e. The molecule has 2 nitrogen and oxygen atoms in total. The summed E-state index contributed by atoms with van der Waals surface area (Å²) in [6, 6.07) is 0. The van der Waals surface area contributed by atoms with Gasteiger partial charge in [-0.25, -0.2) is 0 Å². The van der Waals surface area contributed by atoms with E-state index in [9.17, 15) is 4.39 Å². The van der Waals surface area contributed by atoms with E-state index in [1.54, 1.807) is 0 Å². The molecule has 1 rings (SSSR count). The summed E-state index contributed by atoms with van der Waals surface area (Å²) in [7, 11) is 0. The van der Waals surface area contributed by atoms with Crippen LogP contribution in [0.5, 0.6) is 0 Å². The van der Waals surface area contributed by atoms with Crippen LogP contribution in [-0.2, 0) is 5.41 Å². The van der Waals surface area contributed by atoms with Gasteiger partial charge in [0.1, 0.15) is 5.69 Å². The van der Waals surface area contributed by atoms with Crippen LogP contribution in [0.1, 0.15) is 26.5 Å². The van der Waals surface area contributed by atoms with E-state index in [0.717, 1.165) is 0 Å². The second kappa shape index (κ2) is 2.48. The van der Waals surface area contributed by atoms with Crippen LogP contribution in [0.3, 0.4) is 0 Å². The van der Waals surface area contributed by atoms with Gasteiger partial charge in [0, 0.05) is 5.41 Å². The molecule has 0 unspecified atom stereocenters. The summed E-state index contributed by atoms with van der Waals surface area (Å²) in [4.78, 5) is 3.52. The lowest BCUT2D eigenvalue weighted by atomic mass is 9.93. The van der Waals surface area contributed by atoms with Gasteiger partial charge in [0.2, 0.25) is 5.22 Å². The van der Waals surface area contributed by atoms with Crippen LogP contribution in [0.4, 0.5) is 4.39 Å². The van der Waals surface area contributed by atoms with Gasteiger partial charge in [0.25, 0.3) is 0 Å². The van der Waals surface area contributed by atoms with Gasteiger partial charge in [-0.1, -0.05) is 20.8 Å². The van der Waals surface area contributed by atoms with Crippen LogP contribution >= 0.6 is 11.6 Å². The van der Waals surface area contributed by atoms with Crippen LogP contribution in [0.25, 0.3) is 0 Å². The van der Waals surface area contributed by atoms with Crippen molar-refractivity contribution >= 4 is 11.6 Å². The van der Waals surface area contributed by atoms with Crippen molar-refractivity contribution in [3.8, 4) is 0 Å². The number of aromatic nitrogens is 1. The molecule has 11 heavy (non-hydrogen) atoms. The van der Waals surface area contributed by atoms with Gasteiger partial charge in [-0.05, 0) is 11.6 Å². The number of halogens is 2. The molecule has 0 saturated carbocycles. The molecule has 1 heterocycles. The molecule has 0 aliphatic heterocycles. The first-order valence-corrected chi connectivity index (χ1v) is 3.61. The van der Waals surface area contributed by atoms with Crippen molar-refractivity contribution in [2.24, 2.45) is 0 Å². The first-order valence-electron chi connectivity index (χ1n) is 3.23. The summed E-state index contributed by atoms with van der Waals surface area (Å²) in [5.41, 5.74) is 0.182. The largest absolute Gasteiger partial charge is 0.403 e. The van der Waals surface area contributed by atoms with Crippen LogP contribution in [0.15, 0.2) is 4.42 Å². The highest BCUT2D eigenvalue weighted by Crippen LogP contribution is 2.28. The van der Waals surface area contributed by atoms with E-state index in [1.165, 1.54) is 0 Å². The van der Waals surface area contributed by atoms with E-state index in [-0.39, 0.29) is 10.6 Å². The van der Waals surface area contributed by atoms with Gasteiger partial charge in [0.15, 0.2) is 0 Å².